The molecule has 1 fully saturated rings. The van der Waals surface area contributed by atoms with Crippen LogP contribution < -0.4 is 10.2 Å². The molecule has 0 aromatic heterocycles. The van der Waals surface area contributed by atoms with Crippen LogP contribution in [0.25, 0.3) is 0 Å². The van der Waals surface area contributed by atoms with Gasteiger partial charge in [0.25, 0.3) is 0 Å². The lowest BCUT2D eigenvalue weighted by Gasteiger charge is -2.36. The van der Waals surface area contributed by atoms with Crippen molar-refractivity contribution in [3.8, 4) is 0 Å². The van der Waals surface area contributed by atoms with Gasteiger partial charge in [-0.05, 0) is 31.5 Å². The van der Waals surface area contributed by atoms with Crippen molar-refractivity contribution in [2.45, 2.75) is 32.5 Å². The van der Waals surface area contributed by atoms with Gasteiger partial charge in [-0.2, -0.15) is 0 Å². The first-order valence-corrected chi connectivity index (χ1v) is 6.79. The van der Waals surface area contributed by atoms with Crippen LogP contribution in [-0.2, 0) is 6.54 Å². The van der Waals surface area contributed by atoms with Crippen LogP contribution in [0.15, 0.2) is 24.3 Å². The van der Waals surface area contributed by atoms with Crippen molar-refractivity contribution >= 4 is 5.69 Å². The first kappa shape index (κ1) is 13.4. The fourth-order valence-corrected chi connectivity index (χ4v) is 2.73. The normalized spacial score (nSPS) is 25.1. The molecule has 1 N–H and O–H groups in total. The number of rotatable bonds is 3. The average Bonchev–Trinajstić information content (AvgIpc) is 2.28. The van der Waals surface area contributed by atoms with Gasteiger partial charge in [0, 0.05) is 51.5 Å². The number of benzene rings is 1. The number of anilines is 1. The lowest BCUT2D eigenvalue weighted by molar-refractivity contribution is 0.166. The van der Waals surface area contributed by atoms with Crippen LogP contribution >= 0.6 is 0 Å². The summed E-state index contributed by atoms with van der Waals surface area (Å²) in [4.78, 5) is 4.68. The van der Waals surface area contributed by atoms with Crippen molar-refractivity contribution in [2.75, 3.05) is 32.1 Å². The van der Waals surface area contributed by atoms with Gasteiger partial charge in [0.2, 0.25) is 0 Å². The maximum Gasteiger partial charge on any atom is 0.0361 e. The van der Waals surface area contributed by atoms with E-state index in [1.807, 2.05) is 0 Å². The second-order valence-electron chi connectivity index (χ2n) is 5.72. The van der Waals surface area contributed by atoms with Gasteiger partial charge in [-0.25, -0.2) is 0 Å². The molecule has 1 heterocycles. The summed E-state index contributed by atoms with van der Waals surface area (Å²) in [5.74, 6) is 0. The Morgan fingerprint density at radius 2 is 1.67 bits per heavy atom. The smallest absolute Gasteiger partial charge is 0.0361 e. The van der Waals surface area contributed by atoms with Crippen LogP contribution in [0.1, 0.15) is 19.4 Å². The van der Waals surface area contributed by atoms with E-state index in [1.54, 1.807) is 0 Å². The van der Waals surface area contributed by atoms with E-state index in [-0.39, 0.29) is 0 Å². The van der Waals surface area contributed by atoms with Gasteiger partial charge in [0.05, 0.1) is 0 Å². The molecule has 0 aliphatic carbocycles. The maximum absolute atomic E-state index is 3.57. The monoisotopic (exact) mass is 247 g/mol. The molecule has 1 aromatic carbocycles. The standard InChI is InChI=1S/C15H25N3/c1-12-9-18(10-13(2)16-12)11-14-5-7-15(8-6-14)17(3)4/h5-8,12-13,16H,9-11H2,1-4H3. The molecule has 18 heavy (non-hydrogen) atoms. The Hall–Kier alpha value is -1.06. The lowest BCUT2D eigenvalue weighted by Crippen LogP contribution is -2.53. The zero-order valence-electron chi connectivity index (χ0n) is 12.0. The molecule has 2 unspecified atom stereocenters. The molecule has 2 rings (SSSR count). The summed E-state index contributed by atoms with van der Waals surface area (Å²) in [5.41, 5.74) is 2.67. The largest absolute Gasteiger partial charge is 0.378 e. The van der Waals surface area contributed by atoms with Crippen molar-refractivity contribution in [2.24, 2.45) is 0 Å². The maximum atomic E-state index is 3.57. The Bertz CT molecular complexity index is 362. The molecule has 100 valence electrons. The lowest BCUT2D eigenvalue weighted by atomic mass is 10.1. The van der Waals surface area contributed by atoms with Gasteiger partial charge in [0.15, 0.2) is 0 Å². The molecule has 0 bridgehead atoms. The van der Waals surface area contributed by atoms with Gasteiger partial charge in [-0.15, -0.1) is 0 Å². The van der Waals surface area contributed by atoms with Crippen LogP contribution in [-0.4, -0.2) is 44.2 Å². The highest BCUT2D eigenvalue weighted by molar-refractivity contribution is 5.45. The van der Waals surface area contributed by atoms with E-state index in [0.717, 1.165) is 19.6 Å². The van der Waals surface area contributed by atoms with Gasteiger partial charge >= 0.3 is 0 Å². The predicted octanol–water partition coefficient (Wildman–Crippen LogP) is 1.93. The van der Waals surface area contributed by atoms with Crippen molar-refractivity contribution in [1.82, 2.24) is 10.2 Å². The molecule has 1 saturated heterocycles. The molecule has 1 aromatic rings. The summed E-state index contributed by atoms with van der Waals surface area (Å²) in [7, 11) is 4.16. The Morgan fingerprint density at radius 3 is 2.17 bits per heavy atom. The number of nitrogens with one attached hydrogen (secondary N) is 1. The zero-order chi connectivity index (χ0) is 13.1. The van der Waals surface area contributed by atoms with E-state index in [4.69, 9.17) is 0 Å². The Balaban J connectivity index is 1.96. The fourth-order valence-electron chi connectivity index (χ4n) is 2.73. The molecule has 0 spiro atoms. The fraction of sp³-hybridized carbons (Fsp3) is 0.600. The molecule has 0 saturated carbocycles. The number of hydrogen-bond donors (Lipinski definition) is 1. The minimum Gasteiger partial charge on any atom is -0.378 e. The van der Waals surface area contributed by atoms with E-state index < -0.39 is 0 Å². The highest BCUT2D eigenvalue weighted by Crippen LogP contribution is 2.15. The summed E-state index contributed by atoms with van der Waals surface area (Å²) in [5, 5.41) is 3.57. The van der Waals surface area contributed by atoms with Gasteiger partial charge in [-0.3, -0.25) is 4.90 Å². The topological polar surface area (TPSA) is 18.5 Å². The molecule has 3 nitrogen and oxygen atoms in total. The minimum absolute atomic E-state index is 0.592. The first-order valence-electron chi connectivity index (χ1n) is 6.79. The molecule has 0 amide bonds. The Labute approximate surface area is 111 Å². The van der Waals surface area contributed by atoms with Crippen LogP contribution in [0.2, 0.25) is 0 Å². The number of hydrogen-bond acceptors (Lipinski definition) is 3. The van der Waals surface area contributed by atoms with Gasteiger partial charge in [0.1, 0.15) is 0 Å². The van der Waals surface area contributed by atoms with Gasteiger partial charge in [-0.1, -0.05) is 12.1 Å². The molecular formula is C15H25N3. The predicted molar refractivity (Wildman–Crippen MR) is 78.1 cm³/mol. The molecule has 1 aliphatic rings. The van der Waals surface area contributed by atoms with E-state index in [9.17, 15) is 0 Å². The summed E-state index contributed by atoms with van der Waals surface area (Å²) in [6.07, 6.45) is 0. The van der Waals surface area contributed by atoms with E-state index in [1.165, 1.54) is 11.3 Å². The third kappa shape index (κ3) is 3.47. The highest BCUT2D eigenvalue weighted by atomic mass is 15.2. The summed E-state index contributed by atoms with van der Waals surface area (Å²) >= 11 is 0. The molecule has 2 atom stereocenters. The van der Waals surface area contributed by atoms with Crippen molar-refractivity contribution in [3.63, 3.8) is 0 Å². The second kappa shape index (κ2) is 5.72. The van der Waals surface area contributed by atoms with Crippen LogP contribution in [0.3, 0.4) is 0 Å². The third-order valence-corrected chi connectivity index (χ3v) is 3.49. The van der Waals surface area contributed by atoms with Crippen molar-refractivity contribution < 1.29 is 0 Å². The van der Waals surface area contributed by atoms with E-state index in [0.29, 0.717) is 12.1 Å². The summed E-state index contributed by atoms with van der Waals surface area (Å²) in [6, 6.07) is 10.1. The number of nitrogens with zero attached hydrogens (tertiary/aromatic N) is 2. The second-order valence-corrected chi connectivity index (χ2v) is 5.72. The SMILES string of the molecule is CC1CN(Cc2ccc(N(C)C)cc2)CC(C)N1. The molecule has 0 radical (unpaired) electrons. The van der Waals surface area contributed by atoms with Crippen LogP contribution in [0.5, 0.6) is 0 Å². The van der Waals surface area contributed by atoms with Crippen LogP contribution in [0.4, 0.5) is 5.69 Å². The highest BCUT2D eigenvalue weighted by Gasteiger charge is 2.20. The van der Waals surface area contributed by atoms with Gasteiger partial charge < -0.3 is 10.2 Å². The Kier molecular flexibility index (Phi) is 4.25. The quantitative estimate of drug-likeness (QED) is 0.880. The first-order chi connectivity index (χ1) is 8.54. The summed E-state index contributed by atoms with van der Waals surface area (Å²) < 4.78 is 0. The summed E-state index contributed by atoms with van der Waals surface area (Å²) in [6.45, 7) is 7.86. The zero-order valence-corrected chi connectivity index (χ0v) is 12.0. The number of piperazine rings is 1. The van der Waals surface area contributed by atoms with Crippen molar-refractivity contribution in [3.05, 3.63) is 29.8 Å². The minimum atomic E-state index is 0.592. The molecule has 3 heteroatoms. The van der Waals surface area contributed by atoms with E-state index >= 15 is 0 Å². The Morgan fingerprint density at radius 1 is 1.11 bits per heavy atom. The third-order valence-electron chi connectivity index (χ3n) is 3.49. The molecule has 1 aliphatic heterocycles. The average molecular weight is 247 g/mol. The van der Waals surface area contributed by atoms with Crippen molar-refractivity contribution in [1.29, 1.82) is 0 Å². The van der Waals surface area contributed by atoms with Crippen LogP contribution in [0, 0.1) is 0 Å². The molecular weight excluding hydrogens is 222 g/mol. The van der Waals surface area contributed by atoms with E-state index in [2.05, 4.69) is 67.3 Å².